The van der Waals surface area contributed by atoms with E-state index >= 15 is 0 Å². The molecule has 2 aromatic rings. The van der Waals surface area contributed by atoms with E-state index < -0.39 is 10.8 Å². The van der Waals surface area contributed by atoms with E-state index in [9.17, 15) is 9.00 Å². The smallest absolute Gasteiger partial charge is 0.120 e. The van der Waals surface area contributed by atoms with Crippen molar-refractivity contribution >= 4 is 27.9 Å². The lowest BCUT2D eigenvalue weighted by atomic mass is 9.96. The van der Waals surface area contributed by atoms with Gasteiger partial charge in [-0.05, 0) is 43.0 Å². The van der Waals surface area contributed by atoms with Crippen molar-refractivity contribution in [2.75, 3.05) is 0 Å². The minimum Gasteiger partial charge on any atom is -0.303 e. The van der Waals surface area contributed by atoms with Gasteiger partial charge in [0, 0.05) is 11.3 Å². The number of hydrogen-bond donors (Lipinski definition) is 0. The molecule has 0 saturated heterocycles. The van der Waals surface area contributed by atoms with E-state index in [0.717, 1.165) is 51.7 Å². The van der Waals surface area contributed by atoms with Gasteiger partial charge < -0.3 is 4.79 Å². The van der Waals surface area contributed by atoms with Crippen LogP contribution in [-0.2, 0) is 15.6 Å². The van der Waals surface area contributed by atoms with Gasteiger partial charge in [-0.15, -0.1) is 0 Å². The molecule has 1 unspecified atom stereocenters. The molecule has 0 aliphatic rings. The maximum absolute atomic E-state index is 13.4. The predicted molar refractivity (Wildman–Crippen MR) is 102 cm³/mol. The zero-order valence-corrected chi connectivity index (χ0v) is 15.6. The Morgan fingerprint density at radius 1 is 1.12 bits per heavy atom. The molecule has 0 radical (unpaired) electrons. The summed E-state index contributed by atoms with van der Waals surface area (Å²) in [5.41, 5.74) is 1.06. The van der Waals surface area contributed by atoms with Crippen LogP contribution in [-0.4, -0.2) is 10.5 Å². The van der Waals surface area contributed by atoms with Gasteiger partial charge in [-0.3, -0.25) is 0 Å². The van der Waals surface area contributed by atoms with E-state index in [0.29, 0.717) is 6.42 Å². The molecule has 0 aliphatic heterocycles. The maximum Gasteiger partial charge on any atom is 0.120 e. The fraction of sp³-hybridized carbons (Fsp3) is 0.381. The molecule has 0 saturated carbocycles. The molecule has 2 nitrogen and oxygen atoms in total. The lowest BCUT2D eigenvalue weighted by molar-refractivity contribution is -0.108. The van der Waals surface area contributed by atoms with Gasteiger partial charge in [0.05, 0.1) is 15.7 Å². The van der Waals surface area contributed by atoms with Crippen molar-refractivity contribution in [2.24, 2.45) is 5.92 Å². The largest absolute Gasteiger partial charge is 0.303 e. The van der Waals surface area contributed by atoms with Gasteiger partial charge in [0.25, 0.3) is 0 Å². The molecule has 2 aromatic carbocycles. The molecule has 2 atom stereocenters. The lowest BCUT2D eigenvalue weighted by Gasteiger charge is -2.20. The summed E-state index contributed by atoms with van der Waals surface area (Å²) >= 11 is 0. The average Bonchev–Trinajstić information content (AvgIpc) is 2.59. The minimum absolute atomic E-state index is 0.0623. The van der Waals surface area contributed by atoms with Gasteiger partial charge in [-0.1, -0.05) is 61.7 Å². The minimum atomic E-state index is -1.24. The van der Waals surface area contributed by atoms with Crippen LogP contribution in [0.2, 0.25) is 0 Å². The number of carbonyl (C=O) groups excluding carboxylic acids is 1. The monoisotopic (exact) mass is 342 g/mol. The third kappa shape index (κ3) is 4.21. The molecule has 2 rings (SSSR count). The molecule has 0 N–H and O–H groups in total. The summed E-state index contributed by atoms with van der Waals surface area (Å²) in [4.78, 5) is 12.9. The Kier molecular flexibility index (Phi) is 6.92. The van der Waals surface area contributed by atoms with Crippen molar-refractivity contribution in [2.45, 2.75) is 51.3 Å². The molecule has 3 heteroatoms. The van der Waals surface area contributed by atoms with Crippen LogP contribution in [0.25, 0.3) is 10.8 Å². The van der Waals surface area contributed by atoms with Crippen molar-refractivity contribution in [3.63, 3.8) is 0 Å². The van der Waals surface area contributed by atoms with Crippen molar-refractivity contribution in [1.82, 2.24) is 0 Å². The van der Waals surface area contributed by atoms with E-state index in [2.05, 4.69) is 6.92 Å². The standard InChI is InChI=1S/C21H26O2S/c1-4-5-9-18(14-15-22)21(16(2)3)24(23)20-13-8-11-17-10-6-7-12-19(17)20/h6-8,10-13,15,18H,4-5,9,14H2,1-3H3/t18-,24?/m1/s1. The van der Waals surface area contributed by atoms with Crippen LogP contribution in [0.1, 0.15) is 46.5 Å². The number of aldehydes is 1. The zero-order valence-electron chi connectivity index (χ0n) is 14.7. The number of benzene rings is 2. The summed E-state index contributed by atoms with van der Waals surface area (Å²) in [7, 11) is -1.24. The Bertz CT molecular complexity index is 752. The van der Waals surface area contributed by atoms with E-state index in [1.807, 2.05) is 56.3 Å². The molecular weight excluding hydrogens is 316 g/mol. The summed E-state index contributed by atoms with van der Waals surface area (Å²) in [5, 5.41) is 2.12. The first kappa shape index (κ1) is 18.6. The number of allylic oxidation sites excluding steroid dienone is 2. The first-order valence-corrected chi connectivity index (χ1v) is 9.75. The molecule has 24 heavy (non-hydrogen) atoms. The van der Waals surface area contributed by atoms with Crippen LogP contribution in [0, 0.1) is 5.92 Å². The van der Waals surface area contributed by atoms with Gasteiger partial charge in [0.2, 0.25) is 0 Å². The molecule has 0 fully saturated rings. The van der Waals surface area contributed by atoms with Gasteiger partial charge in [0.1, 0.15) is 6.29 Å². The summed E-state index contributed by atoms with van der Waals surface area (Å²) < 4.78 is 13.4. The van der Waals surface area contributed by atoms with Crippen LogP contribution in [0.5, 0.6) is 0 Å². The van der Waals surface area contributed by atoms with Crippen LogP contribution in [0.15, 0.2) is 57.8 Å². The first-order valence-electron chi connectivity index (χ1n) is 8.60. The average molecular weight is 343 g/mol. The Morgan fingerprint density at radius 2 is 1.83 bits per heavy atom. The molecule has 0 amide bonds. The number of rotatable bonds is 8. The number of unbranched alkanes of at least 4 members (excludes halogenated alkanes) is 1. The van der Waals surface area contributed by atoms with Crippen LogP contribution in [0.4, 0.5) is 0 Å². The quantitative estimate of drug-likeness (QED) is 0.582. The number of hydrogen-bond acceptors (Lipinski definition) is 2. The highest BCUT2D eigenvalue weighted by Crippen LogP contribution is 2.33. The third-order valence-electron chi connectivity index (χ3n) is 4.30. The topological polar surface area (TPSA) is 34.1 Å². The van der Waals surface area contributed by atoms with E-state index in [1.54, 1.807) is 0 Å². The summed E-state index contributed by atoms with van der Waals surface area (Å²) in [6.07, 6.45) is 4.43. The Balaban J connectivity index is 2.49. The Morgan fingerprint density at radius 3 is 2.50 bits per heavy atom. The van der Waals surface area contributed by atoms with Crippen molar-refractivity contribution < 1.29 is 9.00 Å². The molecule has 0 bridgehead atoms. The molecule has 0 spiro atoms. The first-order chi connectivity index (χ1) is 11.6. The molecule has 0 heterocycles. The highest BCUT2D eigenvalue weighted by atomic mass is 32.2. The number of carbonyl (C=O) groups is 1. The van der Waals surface area contributed by atoms with Gasteiger partial charge in [0.15, 0.2) is 0 Å². The second kappa shape index (κ2) is 8.93. The predicted octanol–water partition coefficient (Wildman–Crippen LogP) is 5.64. The van der Waals surface area contributed by atoms with Crippen molar-refractivity contribution in [1.29, 1.82) is 0 Å². The van der Waals surface area contributed by atoms with Gasteiger partial charge >= 0.3 is 0 Å². The van der Waals surface area contributed by atoms with Crippen LogP contribution in [0.3, 0.4) is 0 Å². The molecule has 0 aliphatic carbocycles. The summed E-state index contributed by atoms with van der Waals surface area (Å²) in [6, 6.07) is 14.0. The molecule has 0 aromatic heterocycles. The highest BCUT2D eigenvalue weighted by Gasteiger charge is 2.23. The van der Waals surface area contributed by atoms with Crippen molar-refractivity contribution in [3.8, 4) is 0 Å². The summed E-state index contributed by atoms with van der Waals surface area (Å²) in [5.74, 6) is 0.0623. The van der Waals surface area contributed by atoms with Gasteiger partial charge in [-0.2, -0.15) is 0 Å². The second-order valence-corrected chi connectivity index (χ2v) is 7.77. The molecular formula is C21H26O2S. The zero-order chi connectivity index (χ0) is 17.5. The maximum atomic E-state index is 13.4. The Labute approximate surface area is 147 Å². The summed E-state index contributed by atoms with van der Waals surface area (Å²) in [6.45, 7) is 6.14. The third-order valence-corrected chi connectivity index (χ3v) is 6.20. The van der Waals surface area contributed by atoms with Crippen LogP contribution < -0.4 is 0 Å². The lowest BCUT2D eigenvalue weighted by Crippen LogP contribution is -2.12. The fourth-order valence-corrected chi connectivity index (χ4v) is 4.86. The van der Waals surface area contributed by atoms with E-state index in [-0.39, 0.29) is 5.92 Å². The molecule has 128 valence electrons. The number of fused-ring (bicyclic) bond motifs is 1. The van der Waals surface area contributed by atoms with E-state index in [4.69, 9.17) is 0 Å². The van der Waals surface area contributed by atoms with Crippen molar-refractivity contribution in [3.05, 3.63) is 52.9 Å². The van der Waals surface area contributed by atoms with E-state index in [1.165, 1.54) is 0 Å². The second-order valence-electron chi connectivity index (χ2n) is 6.35. The SMILES string of the molecule is CCCC[C@H](CC=O)C(=C(C)C)S(=O)c1cccc2ccccc12. The van der Waals surface area contributed by atoms with Crippen LogP contribution >= 0.6 is 0 Å². The normalized spacial score (nSPS) is 13.5. The van der Waals surface area contributed by atoms with Gasteiger partial charge in [-0.25, -0.2) is 4.21 Å². The highest BCUT2D eigenvalue weighted by molar-refractivity contribution is 7.89. The fourth-order valence-electron chi connectivity index (χ4n) is 3.14. The Hall–Kier alpha value is -1.74.